The molecule has 0 amide bonds. The Bertz CT molecular complexity index is 244. The van der Waals surface area contributed by atoms with Crippen LogP contribution in [0.1, 0.15) is 46.0 Å². The van der Waals surface area contributed by atoms with E-state index in [0.717, 1.165) is 30.8 Å². The highest BCUT2D eigenvalue weighted by molar-refractivity contribution is 4.97. The van der Waals surface area contributed by atoms with Crippen molar-refractivity contribution >= 4 is 0 Å². The molecule has 0 bridgehead atoms. The van der Waals surface area contributed by atoms with Crippen LogP contribution in [0.5, 0.6) is 0 Å². The lowest BCUT2D eigenvalue weighted by molar-refractivity contribution is 0.368. The summed E-state index contributed by atoms with van der Waals surface area (Å²) in [7, 11) is 0. The van der Waals surface area contributed by atoms with Crippen LogP contribution in [0.2, 0.25) is 0 Å². The molecule has 2 heteroatoms. The van der Waals surface area contributed by atoms with Gasteiger partial charge in [0.15, 0.2) is 0 Å². The van der Waals surface area contributed by atoms with Crippen molar-refractivity contribution < 1.29 is 0 Å². The van der Waals surface area contributed by atoms with Crippen LogP contribution in [-0.4, -0.2) is 12.6 Å². The fourth-order valence-corrected chi connectivity index (χ4v) is 2.24. The van der Waals surface area contributed by atoms with Crippen LogP contribution in [0.25, 0.3) is 0 Å². The van der Waals surface area contributed by atoms with Gasteiger partial charge < -0.3 is 5.32 Å². The molecule has 15 heavy (non-hydrogen) atoms. The molecule has 2 nitrogen and oxygen atoms in total. The topological polar surface area (TPSA) is 35.8 Å². The van der Waals surface area contributed by atoms with Gasteiger partial charge in [0.25, 0.3) is 0 Å². The fraction of sp³-hybridized carbons (Fsp3) is 0.923. The Morgan fingerprint density at radius 2 is 1.80 bits per heavy atom. The molecule has 0 heterocycles. The predicted octanol–water partition coefficient (Wildman–Crippen LogP) is 2.70. The summed E-state index contributed by atoms with van der Waals surface area (Å²) in [5.74, 6) is 1.92. The second-order valence-corrected chi connectivity index (χ2v) is 5.90. The molecule has 1 N–H and O–H groups in total. The quantitative estimate of drug-likeness (QED) is 0.725. The Labute approximate surface area is 93.0 Å². The van der Waals surface area contributed by atoms with Crippen LogP contribution in [0, 0.1) is 28.6 Å². The normalized spacial score (nSPS) is 21.7. The Morgan fingerprint density at radius 3 is 2.20 bits per heavy atom. The van der Waals surface area contributed by atoms with Gasteiger partial charge in [-0.05, 0) is 64.3 Å². The van der Waals surface area contributed by atoms with Gasteiger partial charge >= 0.3 is 0 Å². The third-order valence-electron chi connectivity index (χ3n) is 3.69. The van der Waals surface area contributed by atoms with Crippen molar-refractivity contribution in [2.45, 2.75) is 52.0 Å². The Balaban J connectivity index is 1.70. The molecule has 0 aromatic rings. The molecule has 2 rings (SSSR count). The standard InChI is InChI=1S/C13H22N2/c1-13(2,9-14)7-8-15-12(10-3-4-10)11-5-6-11/h10-12,15H,3-8H2,1-2H3. The van der Waals surface area contributed by atoms with Crippen LogP contribution >= 0.6 is 0 Å². The van der Waals surface area contributed by atoms with Gasteiger partial charge in [-0.3, -0.25) is 0 Å². The first-order valence-corrected chi connectivity index (χ1v) is 6.27. The molecular formula is C13H22N2. The van der Waals surface area contributed by atoms with Gasteiger partial charge in [0.05, 0.1) is 11.5 Å². The van der Waals surface area contributed by atoms with E-state index in [1.807, 2.05) is 13.8 Å². The van der Waals surface area contributed by atoms with E-state index >= 15 is 0 Å². The average Bonchev–Trinajstić information content (AvgIpc) is 3.01. The maximum absolute atomic E-state index is 8.92. The zero-order chi connectivity index (χ0) is 10.9. The van der Waals surface area contributed by atoms with Crippen molar-refractivity contribution in [3.8, 4) is 6.07 Å². The second-order valence-electron chi connectivity index (χ2n) is 5.90. The lowest BCUT2D eigenvalue weighted by Gasteiger charge is -2.21. The highest BCUT2D eigenvalue weighted by Crippen LogP contribution is 2.44. The fourth-order valence-electron chi connectivity index (χ4n) is 2.24. The minimum Gasteiger partial charge on any atom is -0.313 e. The van der Waals surface area contributed by atoms with E-state index in [9.17, 15) is 0 Å². The molecule has 2 fully saturated rings. The molecule has 0 aliphatic heterocycles. The summed E-state index contributed by atoms with van der Waals surface area (Å²) in [6, 6.07) is 3.14. The maximum Gasteiger partial charge on any atom is 0.0684 e. The number of nitrogens with zero attached hydrogens (tertiary/aromatic N) is 1. The molecule has 0 radical (unpaired) electrons. The summed E-state index contributed by atoms with van der Waals surface area (Å²) in [5, 5.41) is 12.6. The van der Waals surface area contributed by atoms with E-state index in [1.165, 1.54) is 25.7 Å². The number of hydrogen-bond donors (Lipinski definition) is 1. The Hall–Kier alpha value is -0.550. The highest BCUT2D eigenvalue weighted by Gasteiger charge is 2.41. The molecule has 2 saturated carbocycles. The first-order valence-electron chi connectivity index (χ1n) is 6.27. The first kappa shape index (κ1) is 11.0. The van der Waals surface area contributed by atoms with Crippen molar-refractivity contribution in [3.05, 3.63) is 0 Å². The number of nitriles is 1. The molecular weight excluding hydrogens is 184 g/mol. The Kier molecular flexibility index (Phi) is 3.02. The van der Waals surface area contributed by atoms with Crippen molar-refractivity contribution in [1.29, 1.82) is 5.26 Å². The molecule has 84 valence electrons. The summed E-state index contributed by atoms with van der Waals surface area (Å²) < 4.78 is 0. The second kappa shape index (κ2) is 4.14. The minimum absolute atomic E-state index is 0.162. The van der Waals surface area contributed by atoms with Crippen LogP contribution in [0.4, 0.5) is 0 Å². The van der Waals surface area contributed by atoms with E-state index in [1.54, 1.807) is 0 Å². The van der Waals surface area contributed by atoms with E-state index in [0.29, 0.717) is 0 Å². The number of rotatable bonds is 6. The van der Waals surface area contributed by atoms with E-state index < -0.39 is 0 Å². The lowest BCUT2D eigenvalue weighted by Crippen LogP contribution is -2.35. The van der Waals surface area contributed by atoms with Gasteiger partial charge in [-0.15, -0.1) is 0 Å². The third-order valence-corrected chi connectivity index (χ3v) is 3.69. The van der Waals surface area contributed by atoms with Crippen LogP contribution < -0.4 is 5.32 Å². The zero-order valence-electron chi connectivity index (χ0n) is 9.92. The minimum atomic E-state index is -0.162. The van der Waals surface area contributed by atoms with Gasteiger partial charge in [0.2, 0.25) is 0 Å². The van der Waals surface area contributed by atoms with Gasteiger partial charge in [0, 0.05) is 6.04 Å². The first-order chi connectivity index (χ1) is 7.12. The SMILES string of the molecule is CC(C)(C#N)CCNC(C1CC1)C1CC1. The summed E-state index contributed by atoms with van der Waals surface area (Å²) >= 11 is 0. The zero-order valence-corrected chi connectivity index (χ0v) is 9.92. The summed E-state index contributed by atoms with van der Waals surface area (Å²) in [5.41, 5.74) is -0.162. The van der Waals surface area contributed by atoms with Crippen molar-refractivity contribution in [1.82, 2.24) is 5.32 Å². The van der Waals surface area contributed by atoms with Crippen molar-refractivity contribution in [2.24, 2.45) is 17.3 Å². The van der Waals surface area contributed by atoms with Crippen LogP contribution in [-0.2, 0) is 0 Å². The molecule has 0 spiro atoms. The molecule has 0 aromatic heterocycles. The van der Waals surface area contributed by atoms with Gasteiger partial charge in [-0.25, -0.2) is 0 Å². The monoisotopic (exact) mass is 206 g/mol. The predicted molar refractivity (Wildman–Crippen MR) is 61.2 cm³/mol. The third kappa shape index (κ3) is 3.21. The average molecular weight is 206 g/mol. The molecule has 0 saturated heterocycles. The summed E-state index contributed by atoms with van der Waals surface area (Å²) in [6.07, 6.45) is 6.68. The maximum atomic E-state index is 8.92. The molecule has 0 unspecified atom stereocenters. The van der Waals surface area contributed by atoms with E-state index in [2.05, 4.69) is 11.4 Å². The summed E-state index contributed by atoms with van der Waals surface area (Å²) in [6.45, 7) is 5.06. The molecule has 2 aliphatic carbocycles. The summed E-state index contributed by atoms with van der Waals surface area (Å²) in [4.78, 5) is 0. The number of nitrogens with one attached hydrogen (secondary N) is 1. The van der Waals surface area contributed by atoms with Gasteiger partial charge in [-0.2, -0.15) is 5.26 Å². The number of hydrogen-bond acceptors (Lipinski definition) is 2. The molecule has 0 aromatic carbocycles. The van der Waals surface area contributed by atoms with E-state index in [-0.39, 0.29) is 5.41 Å². The molecule has 2 aliphatic rings. The van der Waals surface area contributed by atoms with Crippen molar-refractivity contribution in [2.75, 3.05) is 6.54 Å². The Morgan fingerprint density at radius 1 is 1.27 bits per heavy atom. The van der Waals surface area contributed by atoms with E-state index in [4.69, 9.17) is 5.26 Å². The highest BCUT2D eigenvalue weighted by atomic mass is 14.9. The molecule has 0 atom stereocenters. The van der Waals surface area contributed by atoms with Crippen LogP contribution in [0.3, 0.4) is 0 Å². The van der Waals surface area contributed by atoms with Crippen molar-refractivity contribution in [3.63, 3.8) is 0 Å². The smallest absolute Gasteiger partial charge is 0.0684 e. The van der Waals surface area contributed by atoms with Gasteiger partial charge in [-0.1, -0.05) is 0 Å². The largest absolute Gasteiger partial charge is 0.313 e. The lowest BCUT2D eigenvalue weighted by atomic mass is 9.91. The van der Waals surface area contributed by atoms with Gasteiger partial charge in [0.1, 0.15) is 0 Å². The van der Waals surface area contributed by atoms with Crippen LogP contribution in [0.15, 0.2) is 0 Å².